The maximum Gasteiger partial charge on any atom is 0.524 e. The van der Waals surface area contributed by atoms with Crippen LogP contribution in [-0.2, 0) is 31.9 Å². The summed E-state index contributed by atoms with van der Waals surface area (Å²) in [6.45, 7) is 2.11. The molecule has 1 aliphatic heterocycles. The Balaban J connectivity index is 1.45. The highest BCUT2D eigenvalue weighted by Gasteiger charge is 2.31. The fraction of sp³-hybridized carbons (Fsp3) is 0.267. The summed E-state index contributed by atoms with van der Waals surface area (Å²) in [6.07, 6.45) is 0.0797. The third kappa shape index (κ3) is 9.17. The van der Waals surface area contributed by atoms with Gasteiger partial charge < -0.3 is 20.1 Å². The lowest BCUT2D eigenvalue weighted by Gasteiger charge is -2.26. The number of nitrogens with one attached hydrogen (secondary N) is 2. The van der Waals surface area contributed by atoms with Gasteiger partial charge >= 0.3 is 7.82 Å². The van der Waals surface area contributed by atoms with Crippen molar-refractivity contribution in [1.29, 1.82) is 5.26 Å². The first-order valence-electron chi connectivity index (χ1n) is 13.4. The van der Waals surface area contributed by atoms with Crippen LogP contribution in [0.5, 0.6) is 5.75 Å². The van der Waals surface area contributed by atoms with Crippen LogP contribution in [0.15, 0.2) is 72.8 Å². The highest BCUT2D eigenvalue weighted by atomic mass is 32.2. The molecule has 13 heteroatoms. The van der Waals surface area contributed by atoms with Crippen molar-refractivity contribution in [2.24, 2.45) is 0 Å². The van der Waals surface area contributed by atoms with E-state index >= 15 is 0 Å². The summed E-state index contributed by atoms with van der Waals surface area (Å²) < 4.78 is 15.6. The number of hydrogen-bond donors (Lipinski definition) is 4. The molecule has 43 heavy (non-hydrogen) atoms. The number of hydrogen-bond acceptors (Lipinski definition) is 7. The van der Waals surface area contributed by atoms with Gasteiger partial charge in [-0.25, -0.2) is 4.57 Å². The fourth-order valence-electron chi connectivity index (χ4n) is 4.71. The smallest absolute Gasteiger partial charge is 0.404 e. The van der Waals surface area contributed by atoms with Crippen molar-refractivity contribution in [3.05, 3.63) is 89.5 Å². The predicted octanol–water partition coefficient (Wildman–Crippen LogP) is 3.00. The minimum Gasteiger partial charge on any atom is -0.404 e. The van der Waals surface area contributed by atoms with Crippen LogP contribution in [0.25, 0.3) is 11.1 Å². The van der Waals surface area contributed by atoms with Crippen LogP contribution in [0, 0.1) is 11.3 Å². The Morgan fingerprint density at radius 2 is 1.86 bits per heavy atom. The number of carbonyl (C=O) groups excluding carboxylic acids is 3. The lowest BCUT2D eigenvalue weighted by molar-refractivity contribution is -0.136. The Kier molecular flexibility index (Phi) is 10.6. The maximum atomic E-state index is 13.6. The minimum absolute atomic E-state index is 0.0430. The summed E-state index contributed by atoms with van der Waals surface area (Å²) in [4.78, 5) is 58.5. The minimum atomic E-state index is -4.71. The van der Waals surface area contributed by atoms with Crippen LogP contribution < -0.4 is 15.2 Å². The third-order valence-corrected chi connectivity index (χ3v) is 8.15. The topological polar surface area (TPSA) is 169 Å². The Morgan fingerprint density at radius 1 is 1.12 bits per heavy atom. The average molecular weight is 623 g/mol. The van der Waals surface area contributed by atoms with Gasteiger partial charge in [0.2, 0.25) is 17.7 Å². The van der Waals surface area contributed by atoms with E-state index in [1.807, 2.05) is 42.5 Å². The van der Waals surface area contributed by atoms with Crippen LogP contribution in [0.4, 0.5) is 0 Å². The van der Waals surface area contributed by atoms with Gasteiger partial charge in [0.25, 0.3) is 0 Å². The number of benzene rings is 3. The third-order valence-electron chi connectivity index (χ3n) is 6.66. The number of carbonyl (C=O) groups is 3. The van der Waals surface area contributed by atoms with E-state index in [0.717, 1.165) is 16.7 Å². The van der Waals surface area contributed by atoms with Crippen molar-refractivity contribution in [3.8, 4) is 22.9 Å². The first kappa shape index (κ1) is 31.8. The van der Waals surface area contributed by atoms with Crippen molar-refractivity contribution < 1.29 is 33.3 Å². The fourth-order valence-corrected chi connectivity index (χ4v) is 6.09. The molecule has 11 nitrogen and oxygen atoms in total. The molecule has 4 N–H and O–H groups in total. The second-order valence-corrected chi connectivity index (χ2v) is 12.3. The molecule has 0 bridgehead atoms. The van der Waals surface area contributed by atoms with Gasteiger partial charge in [0.05, 0.1) is 11.6 Å². The molecule has 0 spiro atoms. The molecule has 0 aromatic heterocycles. The van der Waals surface area contributed by atoms with Crippen LogP contribution >= 0.6 is 19.6 Å². The molecular formula is C30H31N4O7PS. The lowest BCUT2D eigenvalue weighted by atomic mass is 9.98. The SMILES string of the molecule is CC(=O)N[C@@H](Cc1ccc(OP(=O)(O)O)cc1)C(=O)N[C@H]1CSCCN(Cc2cccc(-c3ccccc3C#N)c2)C1=O. The highest BCUT2D eigenvalue weighted by molar-refractivity contribution is 7.99. The second kappa shape index (κ2) is 14.4. The average Bonchev–Trinajstić information content (AvgIpc) is 3.13. The first-order chi connectivity index (χ1) is 20.5. The number of rotatable bonds is 10. The van der Waals surface area contributed by atoms with Crippen molar-refractivity contribution in [3.63, 3.8) is 0 Å². The van der Waals surface area contributed by atoms with Gasteiger partial charge in [-0.1, -0.05) is 48.5 Å². The Labute approximate surface area is 253 Å². The van der Waals surface area contributed by atoms with Crippen molar-refractivity contribution >= 4 is 37.3 Å². The molecule has 0 radical (unpaired) electrons. The molecule has 0 saturated carbocycles. The normalized spacial score (nSPS) is 16.0. The highest BCUT2D eigenvalue weighted by Crippen LogP contribution is 2.37. The van der Waals surface area contributed by atoms with E-state index in [1.165, 1.54) is 31.2 Å². The summed E-state index contributed by atoms with van der Waals surface area (Å²) in [7, 11) is -4.71. The van der Waals surface area contributed by atoms with Crippen LogP contribution in [0.2, 0.25) is 0 Å². The van der Waals surface area contributed by atoms with Gasteiger partial charge in [0.15, 0.2) is 0 Å². The molecule has 1 saturated heterocycles. The summed E-state index contributed by atoms with van der Waals surface area (Å²) in [5, 5.41) is 14.9. The van der Waals surface area contributed by atoms with Crippen molar-refractivity contribution in [2.45, 2.75) is 32.0 Å². The molecule has 3 aromatic rings. The van der Waals surface area contributed by atoms with E-state index in [-0.39, 0.29) is 18.1 Å². The van der Waals surface area contributed by atoms with Gasteiger partial charge in [-0.3, -0.25) is 24.2 Å². The summed E-state index contributed by atoms with van der Waals surface area (Å²) >= 11 is 1.55. The monoisotopic (exact) mass is 622 g/mol. The predicted molar refractivity (Wildman–Crippen MR) is 162 cm³/mol. The summed E-state index contributed by atoms with van der Waals surface area (Å²) in [5.74, 6) is -0.171. The lowest BCUT2D eigenvalue weighted by Crippen LogP contribution is -2.55. The number of nitriles is 1. The van der Waals surface area contributed by atoms with Gasteiger partial charge in [0, 0.05) is 37.9 Å². The van der Waals surface area contributed by atoms with Gasteiger partial charge in [-0.15, -0.1) is 0 Å². The molecule has 0 aliphatic carbocycles. The zero-order valence-corrected chi connectivity index (χ0v) is 25.0. The standard InChI is InChI=1S/C30H31N4O7PS/c1-20(35)32-27(16-21-9-11-25(12-10-21)41-42(38,39)40)29(36)33-28-19-43-14-13-34(30(28)37)18-22-5-4-7-23(15-22)26-8-3-2-6-24(26)17-31/h2-12,15,27-28H,13-14,16,18-19H2,1H3,(H,32,35)(H,33,36)(H2,38,39,40)/t27-,28-/m0/s1. The molecule has 1 fully saturated rings. The van der Waals surface area contributed by atoms with Crippen LogP contribution in [0.1, 0.15) is 23.6 Å². The van der Waals surface area contributed by atoms with Crippen LogP contribution in [-0.4, -0.2) is 62.5 Å². The number of nitrogens with zero attached hydrogens (tertiary/aromatic N) is 2. The molecular weight excluding hydrogens is 591 g/mol. The van der Waals surface area contributed by atoms with Gasteiger partial charge in [0.1, 0.15) is 17.8 Å². The van der Waals surface area contributed by atoms with Gasteiger partial charge in [-0.05, 0) is 46.5 Å². The quantitative estimate of drug-likeness (QED) is 0.248. The van der Waals surface area contributed by atoms with E-state index in [4.69, 9.17) is 9.79 Å². The molecule has 2 atom stereocenters. The van der Waals surface area contributed by atoms with E-state index in [2.05, 4.69) is 21.2 Å². The van der Waals surface area contributed by atoms with Crippen molar-refractivity contribution in [1.82, 2.24) is 15.5 Å². The Morgan fingerprint density at radius 3 is 2.56 bits per heavy atom. The summed E-state index contributed by atoms with van der Waals surface area (Å²) in [5.41, 5.74) is 3.73. The number of phosphoric acid groups is 1. The van der Waals surface area contributed by atoms with Crippen molar-refractivity contribution in [2.75, 3.05) is 18.1 Å². The molecule has 0 unspecified atom stereocenters. The number of phosphoric ester groups is 1. The summed E-state index contributed by atoms with van der Waals surface area (Å²) in [6, 6.07) is 21.2. The zero-order valence-electron chi connectivity index (χ0n) is 23.3. The first-order valence-corrected chi connectivity index (χ1v) is 16.1. The molecule has 4 rings (SSSR count). The van der Waals surface area contributed by atoms with Gasteiger partial charge in [-0.2, -0.15) is 17.0 Å². The largest absolute Gasteiger partial charge is 0.524 e. The van der Waals surface area contributed by atoms with Crippen LogP contribution in [0.3, 0.4) is 0 Å². The Bertz CT molecular complexity index is 1570. The maximum absolute atomic E-state index is 13.6. The molecule has 3 aromatic carbocycles. The zero-order chi connectivity index (χ0) is 31.0. The number of amides is 3. The molecule has 224 valence electrons. The molecule has 3 amide bonds. The molecule has 1 heterocycles. The van der Waals surface area contributed by atoms with E-state index < -0.39 is 31.7 Å². The van der Waals surface area contributed by atoms with E-state index in [1.54, 1.807) is 22.7 Å². The van der Waals surface area contributed by atoms with E-state index in [0.29, 0.717) is 35.7 Å². The van der Waals surface area contributed by atoms with E-state index in [9.17, 15) is 24.2 Å². The second-order valence-electron chi connectivity index (χ2n) is 9.94. The molecule has 1 aliphatic rings. The Hall–Kier alpha value is -4.14. The number of thioether (sulfide) groups is 1.